The van der Waals surface area contributed by atoms with Gasteiger partial charge in [0, 0.05) is 0 Å². The molecule has 1 saturated heterocycles. The molecule has 1 aliphatic heterocycles. The molecule has 1 N–H and O–H groups in total. The standard InChI is InChI=1S/C5H7NO3/c1-5(2)3(7)6-4(8)9-5/h1-2H3,(H,6,7,8)/i4+2. The van der Waals surface area contributed by atoms with Gasteiger partial charge in [0.05, 0.1) is 0 Å². The first-order chi connectivity index (χ1) is 4.02. The summed E-state index contributed by atoms with van der Waals surface area (Å²) in [5.41, 5.74) is -0.975. The quantitative estimate of drug-likeness (QED) is 0.504. The molecule has 1 fully saturated rings. The van der Waals surface area contributed by atoms with Crippen LogP contribution in [0, 0.1) is 0 Å². The van der Waals surface area contributed by atoms with E-state index >= 15 is 0 Å². The van der Waals surface area contributed by atoms with Crippen molar-refractivity contribution >= 4 is 12.0 Å². The summed E-state index contributed by atoms with van der Waals surface area (Å²) in [4.78, 5) is 21.0. The van der Waals surface area contributed by atoms with Crippen LogP contribution in [0.25, 0.3) is 0 Å². The Morgan fingerprint density at radius 1 is 1.67 bits per heavy atom. The first kappa shape index (κ1) is 6.07. The lowest BCUT2D eigenvalue weighted by Crippen LogP contribution is -2.32. The molecule has 4 heteroatoms. The van der Waals surface area contributed by atoms with Gasteiger partial charge in [0.25, 0.3) is 5.91 Å². The average Bonchev–Trinajstić information content (AvgIpc) is 1.79. The lowest BCUT2D eigenvalue weighted by atomic mass is 10.1. The Balaban J connectivity index is 2.81. The highest BCUT2D eigenvalue weighted by Crippen LogP contribution is 2.14. The molecule has 0 spiro atoms. The van der Waals surface area contributed by atoms with E-state index in [0.717, 1.165) is 0 Å². The molecule has 0 aromatic heterocycles. The van der Waals surface area contributed by atoms with Crippen molar-refractivity contribution in [2.24, 2.45) is 0 Å². The van der Waals surface area contributed by atoms with Crippen LogP contribution < -0.4 is 5.32 Å². The number of carbonyl (C=O) groups excluding carboxylic acids is 2. The van der Waals surface area contributed by atoms with Crippen molar-refractivity contribution < 1.29 is 14.3 Å². The van der Waals surface area contributed by atoms with E-state index in [2.05, 4.69) is 4.74 Å². The van der Waals surface area contributed by atoms with Gasteiger partial charge in [-0.2, -0.15) is 0 Å². The molecular formula is C5H7NO3. The fourth-order valence-electron chi connectivity index (χ4n) is 0.547. The van der Waals surface area contributed by atoms with E-state index in [9.17, 15) is 9.59 Å². The Kier molecular flexibility index (Phi) is 0.986. The number of ether oxygens (including phenoxy) is 1. The molecule has 50 valence electrons. The summed E-state index contributed by atoms with van der Waals surface area (Å²) in [7, 11) is 0. The molecule has 0 unspecified atom stereocenters. The van der Waals surface area contributed by atoms with Gasteiger partial charge in [-0.1, -0.05) is 0 Å². The second-order valence-electron chi connectivity index (χ2n) is 2.35. The zero-order chi connectivity index (χ0) is 7.07. The van der Waals surface area contributed by atoms with Gasteiger partial charge in [-0.25, -0.2) is 4.79 Å². The van der Waals surface area contributed by atoms with E-state index in [0.29, 0.717) is 0 Å². The summed E-state index contributed by atoms with van der Waals surface area (Å²) in [6, 6.07) is 0. The Morgan fingerprint density at radius 2 is 2.22 bits per heavy atom. The van der Waals surface area contributed by atoms with Gasteiger partial charge in [0.2, 0.25) is 0 Å². The highest BCUT2D eigenvalue weighted by atomic mass is 16.8. The molecule has 9 heavy (non-hydrogen) atoms. The van der Waals surface area contributed by atoms with Gasteiger partial charge >= 0.3 is 6.09 Å². The third kappa shape index (κ3) is 0.872. The Labute approximate surface area is 52.2 Å². The minimum Gasteiger partial charge on any atom is -0.433 e. The SMILES string of the molecule is CC1(C)O[14C](=O)NC1=O. The van der Waals surface area contributed by atoms with Crippen LogP contribution in [0.5, 0.6) is 0 Å². The third-order valence-corrected chi connectivity index (χ3v) is 1.11. The van der Waals surface area contributed by atoms with Crippen LogP contribution in [0.4, 0.5) is 4.79 Å². The van der Waals surface area contributed by atoms with Crippen molar-refractivity contribution in [2.75, 3.05) is 0 Å². The van der Waals surface area contributed by atoms with Crippen LogP contribution in [0.2, 0.25) is 0 Å². The molecule has 1 rings (SSSR count). The normalized spacial score (nSPS) is 23.3. The fourth-order valence-corrected chi connectivity index (χ4v) is 0.547. The Morgan fingerprint density at radius 3 is 2.33 bits per heavy atom. The number of hydrogen-bond acceptors (Lipinski definition) is 3. The number of nitrogens with one attached hydrogen (secondary N) is 1. The van der Waals surface area contributed by atoms with Crippen LogP contribution in [0.1, 0.15) is 13.8 Å². The number of alkyl carbamates (subject to hydrolysis) is 1. The smallest absolute Gasteiger partial charge is 0.415 e. The zero-order valence-corrected chi connectivity index (χ0v) is 5.22. The molecule has 1 aliphatic rings. The van der Waals surface area contributed by atoms with E-state index < -0.39 is 11.7 Å². The summed E-state index contributed by atoms with van der Waals surface area (Å²) in [6.45, 7) is 3.07. The van der Waals surface area contributed by atoms with Crippen LogP contribution in [0.15, 0.2) is 0 Å². The second kappa shape index (κ2) is 1.46. The van der Waals surface area contributed by atoms with Gasteiger partial charge in [-0.15, -0.1) is 0 Å². The summed E-state index contributed by atoms with van der Waals surface area (Å²) in [5, 5.41) is 2.01. The molecule has 0 bridgehead atoms. The van der Waals surface area contributed by atoms with Crippen LogP contribution in [0.3, 0.4) is 0 Å². The van der Waals surface area contributed by atoms with Crippen molar-refractivity contribution in [1.82, 2.24) is 5.32 Å². The molecule has 0 aromatic carbocycles. The van der Waals surface area contributed by atoms with Crippen LogP contribution in [-0.4, -0.2) is 17.6 Å². The summed E-state index contributed by atoms with van der Waals surface area (Å²) < 4.78 is 4.56. The molecule has 0 aromatic rings. The van der Waals surface area contributed by atoms with E-state index in [-0.39, 0.29) is 5.91 Å². The van der Waals surface area contributed by atoms with Crippen molar-refractivity contribution in [3.05, 3.63) is 0 Å². The molecule has 0 radical (unpaired) electrons. The first-order valence-electron chi connectivity index (χ1n) is 2.57. The fraction of sp³-hybridized carbons (Fsp3) is 0.600. The number of rotatable bonds is 0. The van der Waals surface area contributed by atoms with Gasteiger partial charge in [-0.3, -0.25) is 10.1 Å². The van der Waals surface area contributed by atoms with Crippen molar-refractivity contribution in [1.29, 1.82) is 0 Å². The third-order valence-electron chi connectivity index (χ3n) is 1.11. The van der Waals surface area contributed by atoms with Crippen LogP contribution in [-0.2, 0) is 9.53 Å². The van der Waals surface area contributed by atoms with Gasteiger partial charge in [0.1, 0.15) is 0 Å². The first-order valence-corrected chi connectivity index (χ1v) is 2.57. The van der Waals surface area contributed by atoms with Gasteiger partial charge < -0.3 is 4.74 Å². The van der Waals surface area contributed by atoms with E-state index in [4.69, 9.17) is 0 Å². The largest absolute Gasteiger partial charge is 0.433 e. The Bertz CT molecular complexity index is 173. The maximum Gasteiger partial charge on any atom is 0.415 e. The molecular weight excluding hydrogens is 124 g/mol. The topological polar surface area (TPSA) is 55.4 Å². The number of cyclic esters (lactones) is 1. The lowest BCUT2D eigenvalue weighted by Gasteiger charge is -2.09. The number of imide groups is 1. The summed E-state index contributed by atoms with van der Waals surface area (Å²) >= 11 is 0. The van der Waals surface area contributed by atoms with Crippen molar-refractivity contribution in [3.63, 3.8) is 0 Å². The molecule has 0 aliphatic carbocycles. The summed E-state index contributed by atoms with van der Waals surface area (Å²) in [5.74, 6) is -0.382. The molecule has 0 atom stereocenters. The summed E-state index contributed by atoms with van der Waals surface area (Å²) in [6.07, 6.45) is -0.662. The predicted octanol–water partition coefficient (Wildman–Crippen LogP) is 0.0314. The predicted molar refractivity (Wildman–Crippen MR) is 28.7 cm³/mol. The van der Waals surface area contributed by atoms with Crippen LogP contribution >= 0.6 is 0 Å². The molecule has 1 heterocycles. The maximum atomic E-state index is 10.6. The monoisotopic (exact) mass is 131 g/mol. The molecule has 2 amide bonds. The van der Waals surface area contributed by atoms with Gasteiger partial charge in [-0.05, 0) is 13.8 Å². The minimum absolute atomic E-state index is 0.382. The van der Waals surface area contributed by atoms with Crippen molar-refractivity contribution in [2.45, 2.75) is 19.4 Å². The molecule has 0 saturated carbocycles. The van der Waals surface area contributed by atoms with E-state index in [1.165, 1.54) is 13.8 Å². The average molecular weight is 131 g/mol. The zero-order valence-electron chi connectivity index (χ0n) is 5.22. The molecule has 4 nitrogen and oxygen atoms in total. The van der Waals surface area contributed by atoms with Gasteiger partial charge in [0.15, 0.2) is 5.60 Å². The highest BCUT2D eigenvalue weighted by Gasteiger charge is 2.39. The maximum absolute atomic E-state index is 10.6. The number of amides is 2. The number of hydrogen-bond donors (Lipinski definition) is 1. The number of carbonyl (C=O) groups is 2. The van der Waals surface area contributed by atoms with Crippen molar-refractivity contribution in [3.8, 4) is 0 Å². The lowest BCUT2D eigenvalue weighted by molar-refractivity contribution is -0.128. The highest BCUT2D eigenvalue weighted by molar-refractivity contribution is 6.02. The minimum atomic E-state index is -0.975. The second-order valence-corrected chi connectivity index (χ2v) is 2.35. The van der Waals surface area contributed by atoms with E-state index in [1.54, 1.807) is 0 Å². The van der Waals surface area contributed by atoms with E-state index in [1.807, 2.05) is 5.32 Å². The Hall–Kier alpha value is -1.06.